The van der Waals surface area contributed by atoms with Crippen LogP contribution in [0.2, 0.25) is 0 Å². The topological polar surface area (TPSA) is 21.7 Å². The summed E-state index contributed by atoms with van der Waals surface area (Å²) < 4.78 is 24.1. The Morgan fingerprint density at radius 3 is 2.62 bits per heavy atom. The molecule has 0 saturated carbocycles. The lowest BCUT2D eigenvalue weighted by atomic mass is 9.98. The van der Waals surface area contributed by atoms with Crippen molar-refractivity contribution >= 4 is 0 Å². The Labute approximate surface area is 126 Å². The molecule has 2 aliphatic rings. The summed E-state index contributed by atoms with van der Waals surface area (Å²) in [5.41, 5.74) is 1.20. The molecule has 1 atom stereocenters. The van der Waals surface area contributed by atoms with Crippen LogP contribution in [0.1, 0.15) is 31.2 Å². The molecule has 0 aromatic heterocycles. The summed E-state index contributed by atoms with van der Waals surface area (Å²) in [6, 6.07) is 7.42. The summed E-state index contributed by atoms with van der Waals surface area (Å²) in [6.45, 7) is 3.64. The second-order valence-electron chi connectivity index (χ2n) is 5.97. The molecule has 1 aromatic carbocycles. The van der Waals surface area contributed by atoms with E-state index >= 15 is 0 Å². The largest absolute Gasteiger partial charge is 0.350 e. The Kier molecular flexibility index (Phi) is 5.22. The van der Waals surface area contributed by atoms with Gasteiger partial charge in [0.2, 0.25) is 0 Å². The van der Waals surface area contributed by atoms with Crippen LogP contribution in [-0.2, 0) is 15.9 Å². The van der Waals surface area contributed by atoms with Gasteiger partial charge in [-0.3, -0.25) is 4.90 Å². The number of ether oxygens (including phenoxy) is 2. The fraction of sp³-hybridized carbons (Fsp3) is 0.647. The molecular weight excluding hydrogens is 269 g/mol. The molecule has 0 bridgehead atoms. The smallest absolute Gasteiger partial charge is 0.159 e. The average Bonchev–Trinajstić information content (AvgIpc) is 3.01. The van der Waals surface area contributed by atoms with Crippen LogP contribution in [0.4, 0.5) is 4.39 Å². The van der Waals surface area contributed by atoms with Crippen LogP contribution >= 0.6 is 0 Å². The van der Waals surface area contributed by atoms with E-state index in [2.05, 4.69) is 4.90 Å². The summed E-state index contributed by atoms with van der Waals surface area (Å²) >= 11 is 0. The Morgan fingerprint density at radius 2 is 1.86 bits per heavy atom. The van der Waals surface area contributed by atoms with Crippen LogP contribution in [0.25, 0.3) is 0 Å². The van der Waals surface area contributed by atoms with Crippen LogP contribution in [0, 0.1) is 5.82 Å². The first kappa shape index (κ1) is 14.9. The highest BCUT2D eigenvalue weighted by atomic mass is 19.1. The van der Waals surface area contributed by atoms with Crippen molar-refractivity contribution in [2.24, 2.45) is 0 Å². The van der Waals surface area contributed by atoms with Crippen molar-refractivity contribution in [3.8, 4) is 0 Å². The van der Waals surface area contributed by atoms with Crippen molar-refractivity contribution in [1.82, 2.24) is 4.90 Å². The van der Waals surface area contributed by atoms with Crippen LogP contribution in [0.5, 0.6) is 0 Å². The number of nitrogens with zero attached hydrogens (tertiary/aromatic N) is 1. The number of halogens is 1. The van der Waals surface area contributed by atoms with Crippen molar-refractivity contribution in [1.29, 1.82) is 0 Å². The Balaban J connectivity index is 1.52. The van der Waals surface area contributed by atoms with Crippen LogP contribution in [0.15, 0.2) is 24.3 Å². The third-order valence-corrected chi connectivity index (χ3v) is 4.51. The molecule has 116 valence electrons. The molecule has 0 aliphatic carbocycles. The van der Waals surface area contributed by atoms with Crippen LogP contribution in [-0.4, -0.2) is 43.5 Å². The third kappa shape index (κ3) is 4.25. The van der Waals surface area contributed by atoms with Gasteiger partial charge in [-0.2, -0.15) is 0 Å². The van der Waals surface area contributed by atoms with E-state index < -0.39 is 0 Å². The highest BCUT2D eigenvalue weighted by molar-refractivity contribution is 5.16. The van der Waals surface area contributed by atoms with Gasteiger partial charge in [-0.05, 0) is 43.5 Å². The molecule has 2 heterocycles. The number of hydrogen-bond acceptors (Lipinski definition) is 3. The number of rotatable bonds is 5. The first-order chi connectivity index (χ1) is 10.3. The summed E-state index contributed by atoms with van der Waals surface area (Å²) in [7, 11) is 0. The number of likely N-dealkylation sites (tertiary alicyclic amines) is 1. The van der Waals surface area contributed by atoms with Gasteiger partial charge >= 0.3 is 0 Å². The first-order valence-corrected chi connectivity index (χ1v) is 8.03. The first-order valence-electron chi connectivity index (χ1n) is 8.03. The van der Waals surface area contributed by atoms with Gasteiger partial charge in [0.25, 0.3) is 0 Å². The lowest BCUT2D eigenvalue weighted by Gasteiger charge is -2.36. The maximum absolute atomic E-state index is 12.9. The predicted molar refractivity (Wildman–Crippen MR) is 79.6 cm³/mol. The van der Waals surface area contributed by atoms with Gasteiger partial charge in [0, 0.05) is 19.0 Å². The average molecular weight is 293 g/mol. The third-order valence-electron chi connectivity index (χ3n) is 4.51. The van der Waals surface area contributed by atoms with Crippen molar-refractivity contribution in [2.45, 2.75) is 44.4 Å². The van der Waals surface area contributed by atoms with E-state index in [1.807, 2.05) is 12.1 Å². The number of benzene rings is 1. The van der Waals surface area contributed by atoms with Gasteiger partial charge in [0.1, 0.15) is 5.82 Å². The Morgan fingerprint density at radius 1 is 1.10 bits per heavy atom. The van der Waals surface area contributed by atoms with E-state index in [1.165, 1.54) is 24.8 Å². The van der Waals surface area contributed by atoms with Gasteiger partial charge in [-0.25, -0.2) is 4.39 Å². The maximum Gasteiger partial charge on any atom is 0.159 e. The zero-order valence-corrected chi connectivity index (χ0v) is 12.5. The molecule has 0 amide bonds. The molecule has 1 aromatic rings. The highest BCUT2D eigenvalue weighted by Crippen LogP contribution is 2.24. The molecule has 0 N–H and O–H groups in total. The summed E-state index contributed by atoms with van der Waals surface area (Å²) in [4.78, 5) is 2.55. The lowest BCUT2D eigenvalue weighted by Crippen LogP contribution is -2.42. The standard InChI is InChI=1S/C17H24FNO2/c18-15-6-4-14(5-7-15)8-10-19-9-2-1-3-16(19)13-17-20-11-12-21-17/h4-7,16-17H,1-3,8-13H2. The fourth-order valence-corrected chi connectivity index (χ4v) is 3.31. The van der Waals surface area contributed by atoms with Crippen LogP contribution in [0.3, 0.4) is 0 Å². The molecule has 2 aliphatic heterocycles. The van der Waals surface area contributed by atoms with E-state index in [9.17, 15) is 4.39 Å². The van der Waals surface area contributed by atoms with E-state index in [0.717, 1.165) is 39.1 Å². The summed E-state index contributed by atoms with van der Waals surface area (Å²) in [5.74, 6) is -0.162. The maximum atomic E-state index is 12.9. The van der Waals surface area contributed by atoms with Gasteiger partial charge in [0.05, 0.1) is 13.2 Å². The molecular formula is C17H24FNO2. The van der Waals surface area contributed by atoms with Crippen molar-refractivity contribution < 1.29 is 13.9 Å². The Hall–Kier alpha value is -0.970. The molecule has 21 heavy (non-hydrogen) atoms. The summed E-state index contributed by atoms with van der Waals surface area (Å²) in [5, 5.41) is 0. The molecule has 2 saturated heterocycles. The quantitative estimate of drug-likeness (QED) is 0.833. The van der Waals surface area contributed by atoms with E-state index in [1.54, 1.807) is 12.1 Å². The minimum atomic E-state index is -0.162. The van der Waals surface area contributed by atoms with Crippen LogP contribution < -0.4 is 0 Å². The predicted octanol–water partition coefficient (Wildman–Crippen LogP) is 2.99. The van der Waals surface area contributed by atoms with Gasteiger partial charge in [0.15, 0.2) is 6.29 Å². The monoisotopic (exact) mass is 293 g/mol. The second kappa shape index (κ2) is 7.34. The number of piperidine rings is 1. The van der Waals surface area contributed by atoms with Gasteiger partial charge in [-0.1, -0.05) is 18.6 Å². The molecule has 3 nitrogen and oxygen atoms in total. The fourth-order valence-electron chi connectivity index (χ4n) is 3.31. The molecule has 0 spiro atoms. The van der Waals surface area contributed by atoms with Gasteiger partial charge < -0.3 is 9.47 Å². The van der Waals surface area contributed by atoms with Gasteiger partial charge in [-0.15, -0.1) is 0 Å². The SMILES string of the molecule is Fc1ccc(CCN2CCCCC2CC2OCCO2)cc1. The second-order valence-corrected chi connectivity index (χ2v) is 5.97. The number of hydrogen-bond donors (Lipinski definition) is 0. The minimum absolute atomic E-state index is 0.0126. The van der Waals surface area contributed by atoms with E-state index in [-0.39, 0.29) is 12.1 Å². The van der Waals surface area contributed by atoms with Crippen molar-refractivity contribution in [3.63, 3.8) is 0 Å². The molecule has 4 heteroatoms. The van der Waals surface area contributed by atoms with Crippen molar-refractivity contribution in [3.05, 3.63) is 35.6 Å². The molecule has 3 rings (SSSR count). The van der Waals surface area contributed by atoms with E-state index in [4.69, 9.17) is 9.47 Å². The molecule has 0 radical (unpaired) electrons. The summed E-state index contributed by atoms with van der Waals surface area (Å²) in [6.07, 6.45) is 5.73. The molecule has 2 fully saturated rings. The van der Waals surface area contributed by atoms with Crippen molar-refractivity contribution in [2.75, 3.05) is 26.3 Å². The van der Waals surface area contributed by atoms with E-state index in [0.29, 0.717) is 6.04 Å². The zero-order valence-electron chi connectivity index (χ0n) is 12.5. The molecule has 1 unspecified atom stereocenters. The minimum Gasteiger partial charge on any atom is -0.350 e. The highest BCUT2D eigenvalue weighted by Gasteiger charge is 2.27. The normalized spacial score (nSPS) is 24.5. The lowest BCUT2D eigenvalue weighted by molar-refractivity contribution is -0.0665. The Bertz CT molecular complexity index is 431. The zero-order chi connectivity index (χ0) is 14.5.